The van der Waals surface area contributed by atoms with Crippen molar-refractivity contribution in [3.63, 3.8) is 0 Å². The summed E-state index contributed by atoms with van der Waals surface area (Å²) in [5.74, 6) is 2.83. The number of hydrogen-bond donors (Lipinski definition) is 0. The van der Waals surface area contributed by atoms with Gasteiger partial charge in [-0.25, -0.2) is 4.39 Å². The minimum absolute atomic E-state index is 0.139. The molecule has 3 heteroatoms. The quantitative estimate of drug-likeness (QED) is 0.749. The maximum absolute atomic E-state index is 12.9. The summed E-state index contributed by atoms with van der Waals surface area (Å²) in [6, 6.07) is 7.04. The van der Waals surface area contributed by atoms with Crippen molar-refractivity contribution in [2.75, 3.05) is 25.5 Å². The molecule has 1 saturated carbocycles. The first-order chi connectivity index (χ1) is 8.28. The van der Waals surface area contributed by atoms with Gasteiger partial charge in [0.2, 0.25) is 0 Å². The Morgan fingerprint density at radius 1 is 1.24 bits per heavy atom. The Kier molecular flexibility index (Phi) is 3.10. The van der Waals surface area contributed by atoms with Gasteiger partial charge >= 0.3 is 0 Å². The van der Waals surface area contributed by atoms with Crippen LogP contribution in [0.25, 0.3) is 0 Å². The maximum atomic E-state index is 12.9. The minimum Gasteiger partial charge on any atom is -0.302 e. The number of alkyl halides is 1. The zero-order chi connectivity index (χ0) is 11.8. The van der Waals surface area contributed by atoms with Crippen LogP contribution in [0.2, 0.25) is 0 Å². The molecule has 92 valence electrons. The van der Waals surface area contributed by atoms with E-state index in [9.17, 15) is 4.39 Å². The number of nitrogens with zero attached hydrogens (tertiary/aromatic N) is 1. The summed E-state index contributed by atoms with van der Waals surface area (Å²) >= 11 is 5.78. The van der Waals surface area contributed by atoms with Crippen LogP contribution < -0.4 is 0 Å². The molecule has 1 aliphatic carbocycles. The van der Waals surface area contributed by atoms with Gasteiger partial charge in [-0.05, 0) is 41.9 Å². The lowest BCUT2D eigenvalue weighted by molar-refractivity contribution is 0.191. The molecule has 0 aromatic heterocycles. The van der Waals surface area contributed by atoms with Gasteiger partial charge in [0.05, 0.1) is 0 Å². The summed E-state index contributed by atoms with van der Waals surface area (Å²) in [6.45, 7) is 3.37. The smallest absolute Gasteiger partial charge is 0.123 e. The minimum atomic E-state index is -0.139. The predicted molar refractivity (Wildman–Crippen MR) is 67.9 cm³/mol. The molecular weight excluding hydrogens is 237 g/mol. The molecule has 0 N–H and O–H groups in total. The second-order valence-corrected chi connectivity index (χ2v) is 5.64. The molecule has 1 aromatic carbocycles. The van der Waals surface area contributed by atoms with Crippen molar-refractivity contribution in [2.45, 2.75) is 12.3 Å². The lowest BCUT2D eigenvalue weighted by Gasteiger charge is -2.40. The largest absolute Gasteiger partial charge is 0.302 e. The van der Waals surface area contributed by atoms with E-state index in [4.69, 9.17) is 11.6 Å². The predicted octanol–water partition coefficient (Wildman–Crippen LogP) is 3.10. The standard InChI is InChI=1S/C14H17ClFN/c15-5-6-17-8-11-7-13(14(11)9-17)10-1-3-12(16)4-2-10/h1-4,11,13-14H,5-9H2/t11-,13-,14+/m1/s1. The lowest BCUT2D eigenvalue weighted by Crippen LogP contribution is -2.33. The van der Waals surface area contributed by atoms with Crippen LogP contribution in [-0.2, 0) is 0 Å². The van der Waals surface area contributed by atoms with Crippen LogP contribution in [-0.4, -0.2) is 30.4 Å². The molecule has 0 radical (unpaired) electrons. The van der Waals surface area contributed by atoms with Crippen molar-refractivity contribution < 1.29 is 4.39 Å². The number of hydrogen-bond acceptors (Lipinski definition) is 1. The van der Waals surface area contributed by atoms with Gasteiger partial charge in [0.15, 0.2) is 0 Å². The fourth-order valence-electron chi connectivity index (χ4n) is 3.39. The third kappa shape index (κ3) is 2.09. The van der Waals surface area contributed by atoms with E-state index in [-0.39, 0.29) is 5.82 Å². The molecule has 0 unspecified atom stereocenters. The van der Waals surface area contributed by atoms with Crippen LogP contribution in [0.1, 0.15) is 17.9 Å². The highest BCUT2D eigenvalue weighted by Gasteiger charge is 2.46. The first kappa shape index (κ1) is 11.5. The molecule has 1 saturated heterocycles. The highest BCUT2D eigenvalue weighted by atomic mass is 35.5. The van der Waals surface area contributed by atoms with Crippen molar-refractivity contribution in [1.82, 2.24) is 4.90 Å². The lowest BCUT2D eigenvalue weighted by atomic mass is 9.64. The van der Waals surface area contributed by atoms with Gasteiger partial charge in [-0.3, -0.25) is 0 Å². The van der Waals surface area contributed by atoms with Crippen molar-refractivity contribution in [1.29, 1.82) is 0 Å². The Bertz CT molecular complexity index is 392. The van der Waals surface area contributed by atoms with Crippen molar-refractivity contribution in [3.05, 3.63) is 35.6 Å². The summed E-state index contributed by atoms with van der Waals surface area (Å²) in [6.07, 6.45) is 1.26. The van der Waals surface area contributed by atoms with E-state index in [1.165, 1.54) is 25.1 Å². The number of rotatable bonds is 3. The average molecular weight is 254 g/mol. The zero-order valence-corrected chi connectivity index (χ0v) is 10.5. The van der Waals surface area contributed by atoms with E-state index in [1.54, 1.807) is 12.1 Å². The molecule has 0 spiro atoms. The van der Waals surface area contributed by atoms with E-state index in [0.717, 1.165) is 24.3 Å². The Morgan fingerprint density at radius 3 is 2.71 bits per heavy atom. The van der Waals surface area contributed by atoms with Gasteiger partial charge in [0.1, 0.15) is 5.82 Å². The Morgan fingerprint density at radius 2 is 2.00 bits per heavy atom. The van der Waals surface area contributed by atoms with Gasteiger partial charge in [0, 0.05) is 25.5 Å². The van der Waals surface area contributed by atoms with Crippen LogP contribution in [0.4, 0.5) is 4.39 Å². The molecule has 0 amide bonds. The first-order valence-corrected chi connectivity index (χ1v) is 6.85. The van der Waals surface area contributed by atoms with E-state index in [1.807, 2.05) is 12.1 Å². The van der Waals surface area contributed by atoms with Crippen LogP contribution in [0, 0.1) is 17.7 Å². The van der Waals surface area contributed by atoms with Gasteiger partial charge in [-0.2, -0.15) is 0 Å². The summed E-state index contributed by atoms with van der Waals surface area (Å²) in [5.41, 5.74) is 1.31. The molecule has 1 aliphatic heterocycles. The summed E-state index contributed by atoms with van der Waals surface area (Å²) in [5, 5.41) is 0. The highest BCUT2D eigenvalue weighted by molar-refractivity contribution is 6.18. The molecule has 3 atom stereocenters. The van der Waals surface area contributed by atoms with E-state index >= 15 is 0 Å². The Balaban J connectivity index is 1.67. The number of likely N-dealkylation sites (tertiary alicyclic amines) is 1. The van der Waals surface area contributed by atoms with Crippen LogP contribution in [0.15, 0.2) is 24.3 Å². The number of benzene rings is 1. The molecule has 17 heavy (non-hydrogen) atoms. The van der Waals surface area contributed by atoms with E-state index in [2.05, 4.69) is 4.90 Å². The van der Waals surface area contributed by atoms with Crippen molar-refractivity contribution in [3.8, 4) is 0 Å². The molecule has 2 fully saturated rings. The number of fused-ring (bicyclic) bond motifs is 1. The topological polar surface area (TPSA) is 3.24 Å². The second-order valence-electron chi connectivity index (χ2n) is 5.27. The summed E-state index contributed by atoms with van der Waals surface area (Å²) in [4.78, 5) is 2.46. The molecule has 3 rings (SSSR count). The third-order valence-corrected chi connectivity index (χ3v) is 4.51. The highest BCUT2D eigenvalue weighted by Crippen LogP contribution is 2.51. The molecule has 1 nitrogen and oxygen atoms in total. The third-order valence-electron chi connectivity index (χ3n) is 4.34. The SMILES string of the molecule is Fc1ccc([C@H]2C[C@@H]3CN(CCCl)C[C@@H]32)cc1. The normalized spacial score (nSPS) is 32.2. The van der Waals surface area contributed by atoms with E-state index < -0.39 is 0 Å². The van der Waals surface area contributed by atoms with Crippen LogP contribution >= 0.6 is 11.6 Å². The number of halogens is 2. The monoisotopic (exact) mass is 253 g/mol. The average Bonchev–Trinajstić information content (AvgIpc) is 2.61. The maximum Gasteiger partial charge on any atom is 0.123 e. The van der Waals surface area contributed by atoms with Gasteiger partial charge in [0.25, 0.3) is 0 Å². The Labute approximate surface area is 107 Å². The first-order valence-electron chi connectivity index (χ1n) is 6.31. The molecule has 1 aromatic rings. The fourth-order valence-corrected chi connectivity index (χ4v) is 3.63. The van der Waals surface area contributed by atoms with Gasteiger partial charge < -0.3 is 4.90 Å². The summed E-state index contributed by atoms with van der Waals surface area (Å²) < 4.78 is 12.9. The van der Waals surface area contributed by atoms with Crippen molar-refractivity contribution >= 4 is 11.6 Å². The van der Waals surface area contributed by atoms with Crippen molar-refractivity contribution in [2.24, 2.45) is 11.8 Å². The van der Waals surface area contributed by atoms with E-state index in [0.29, 0.717) is 5.92 Å². The van der Waals surface area contributed by atoms with Crippen LogP contribution in [0.5, 0.6) is 0 Å². The molecule has 0 bridgehead atoms. The second kappa shape index (κ2) is 4.58. The Hall–Kier alpha value is -0.600. The molecule has 2 aliphatic rings. The van der Waals surface area contributed by atoms with Gasteiger partial charge in [-0.1, -0.05) is 12.1 Å². The summed E-state index contributed by atoms with van der Waals surface area (Å²) in [7, 11) is 0. The molecule has 1 heterocycles. The zero-order valence-electron chi connectivity index (χ0n) is 9.78. The van der Waals surface area contributed by atoms with Crippen LogP contribution in [0.3, 0.4) is 0 Å². The molecular formula is C14H17ClFN. The fraction of sp³-hybridized carbons (Fsp3) is 0.571. The van der Waals surface area contributed by atoms with Gasteiger partial charge in [-0.15, -0.1) is 11.6 Å².